The van der Waals surface area contributed by atoms with E-state index in [9.17, 15) is 0 Å². The molecular weight excluding hydrogens is 684 g/mol. The number of aromatic amines is 1. The van der Waals surface area contributed by atoms with E-state index in [1.165, 1.54) is 49.8 Å². The van der Waals surface area contributed by atoms with Crippen molar-refractivity contribution in [2.45, 2.75) is 113 Å². The SMILES string of the molecule is CCC1=C(CC)C2=NC1=CC1NC(=CC1(CC)CC)C=c1[nH]c(c(CC)c1CC)=CC1=NC(=C2)C(CC)=C1CC.[Pt]. The maximum absolute atomic E-state index is 5.32. The first-order valence-electron chi connectivity index (χ1n) is 15.9. The van der Waals surface area contributed by atoms with E-state index in [1.54, 1.807) is 0 Å². The Morgan fingerprint density at radius 3 is 1.68 bits per heavy atom. The summed E-state index contributed by atoms with van der Waals surface area (Å²) in [6, 6.07) is 0.206. The minimum atomic E-state index is 0. The van der Waals surface area contributed by atoms with Crippen LogP contribution in [0, 0.1) is 5.41 Å². The summed E-state index contributed by atoms with van der Waals surface area (Å²) in [6.45, 7) is 18.3. The van der Waals surface area contributed by atoms with Crippen molar-refractivity contribution in [3.05, 3.63) is 79.4 Å². The molecular formula is C36H48N4Pt. The van der Waals surface area contributed by atoms with Gasteiger partial charge in [0.1, 0.15) is 0 Å². The molecule has 4 aliphatic heterocycles. The number of aromatic nitrogens is 1. The standard InChI is InChI=1S/C36H48N4.Pt/c1-9-23-24(10-2)30-18-31-25(11-3)26(12-4)32(39-31)19-33-27(13-5)28(14-6)34(40-33)20-35-36(15-7,16-8)21-22(37-35)17-29(23)38-30;/h17-21,35,37-38H,9-16H2,1-8H3;. The maximum Gasteiger partial charge on any atom is 0.0694 e. The average molecular weight is 732 g/mol. The molecule has 0 fully saturated rings. The van der Waals surface area contributed by atoms with Crippen LogP contribution in [0.15, 0.2) is 67.6 Å². The van der Waals surface area contributed by atoms with Crippen molar-refractivity contribution in [3.8, 4) is 0 Å². The van der Waals surface area contributed by atoms with Crippen LogP contribution in [-0.4, -0.2) is 22.4 Å². The molecule has 1 atom stereocenters. The molecule has 4 aliphatic rings. The number of aliphatic imine (C=N–C) groups is 2. The predicted octanol–water partition coefficient (Wildman–Crippen LogP) is 7.28. The van der Waals surface area contributed by atoms with Gasteiger partial charge in [0.25, 0.3) is 0 Å². The summed E-state index contributed by atoms with van der Waals surface area (Å²) in [6.07, 6.45) is 19.9. The molecule has 0 amide bonds. The molecule has 41 heavy (non-hydrogen) atoms. The Hall–Kier alpha value is -2.45. The summed E-state index contributed by atoms with van der Waals surface area (Å²) < 4.78 is 0. The van der Waals surface area contributed by atoms with Gasteiger partial charge in [-0.2, -0.15) is 0 Å². The molecule has 0 radical (unpaired) electrons. The van der Waals surface area contributed by atoms with Crippen molar-refractivity contribution in [2.24, 2.45) is 15.4 Å². The van der Waals surface area contributed by atoms with Gasteiger partial charge in [0, 0.05) is 42.9 Å². The first-order valence-corrected chi connectivity index (χ1v) is 15.9. The zero-order chi connectivity index (χ0) is 28.6. The van der Waals surface area contributed by atoms with Crippen molar-refractivity contribution in [2.75, 3.05) is 0 Å². The van der Waals surface area contributed by atoms with E-state index < -0.39 is 0 Å². The third kappa shape index (κ3) is 5.31. The first-order chi connectivity index (χ1) is 19.4. The van der Waals surface area contributed by atoms with E-state index in [2.05, 4.69) is 96.1 Å². The van der Waals surface area contributed by atoms with Gasteiger partial charge < -0.3 is 10.3 Å². The Labute approximate surface area is 261 Å². The maximum atomic E-state index is 5.32. The number of nitrogens with zero attached hydrogens (tertiary/aromatic N) is 2. The van der Waals surface area contributed by atoms with Crippen LogP contribution in [0.25, 0.3) is 12.2 Å². The van der Waals surface area contributed by atoms with Gasteiger partial charge in [-0.1, -0.05) is 61.5 Å². The molecule has 0 aliphatic carbocycles. The number of H-pyrrole nitrogens is 1. The Morgan fingerprint density at radius 1 is 0.634 bits per heavy atom. The summed E-state index contributed by atoms with van der Waals surface area (Å²) in [7, 11) is 0. The molecule has 0 spiro atoms. The summed E-state index contributed by atoms with van der Waals surface area (Å²) >= 11 is 0. The molecule has 1 aromatic heterocycles. The Morgan fingerprint density at radius 2 is 1.15 bits per heavy atom. The molecule has 0 aromatic carbocycles. The van der Waals surface area contributed by atoms with Crippen LogP contribution in [0.5, 0.6) is 0 Å². The monoisotopic (exact) mass is 731 g/mol. The topological polar surface area (TPSA) is 52.5 Å². The molecule has 2 N–H and O–H groups in total. The minimum absolute atomic E-state index is 0. The smallest absolute Gasteiger partial charge is 0.0694 e. The van der Waals surface area contributed by atoms with Gasteiger partial charge in [0.2, 0.25) is 0 Å². The van der Waals surface area contributed by atoms with E-state index >= 15 is 0 Å². The molecule has 222 valence electrons. The molecule has 5 heteroatoms. The molecule has 5 heterocycles. The summed E-state index contributed by atoms with van der Waals surface area (Å²) in [4.78, 5) is 14.4. The second kappa shape index (κ2) is 12.8. The van der Waals surface area contributed by atoms with Crippen LogP contribution in [0.4, 0.5) is 0 Å². The molecule has 4 nitrogen and oxygen atoms in total. The van der Waals surface area contributed by atoms with Crippen molar-refractivity contribution in [1.82, 2.24) is 10.3 Å². The normalized spacial score (nSPS) is 20.9. The van der Waals surface area contributed by atoms with Gasteiger partial charge in [-0.05, 0) is 109 Å². The van der Waals surface area contributed by atoms with Crippen LogP contribution in [0.1, 0.15) is 105 Å². The number of fused-ring (bicyclic) bond motifs is 6. The van der Waals surface area contributed by atoms with Crippen molar-refractivity contribution in [1.29, 1.82) is 0 Å². The Balaban J connectivity index is 0.00000387. The van der Waals surface area contributed by atoms with Gasteiger partial charge in [-0.15, -0.1) is 0 Å². The largest absolute Gasteiger partial charge is 0.378 e. The van der Waals surface area contributed by atoms with Crippen LogP contribution in [-0.2, 0) is 33.9 Å². The van der Waals surface area contributed by atoms with Gasteiger partial charge in [0.05, 0.1) is 28.9 Å². The van der Waals surface area contributed by atoms with Crippen molar-refractivity contribution >= 4 is 23.6 Å². The molecule has 0 saturated carbocycles. The second-order valence-corrected chi connectivity index (χ2v) is 11.5. The van der Waals surface area contributed by atoms with Crippen LogP contribution >= 0.6 is 0 Å². The van der Waals surface area contributed by atoms with Gasteiger partial charge in [-0.3, -0.25) is 0 Å². The molecule has 8 bridgehead atoms. The van der Waals surface area contributed by atoms with Crippen LogP contribution in [0.2, 0.25) is 0 Å². The number of rotatable bonds is 8. The van der Waals surface area contributed by atoms with E-state index in [-0.39, 0.29) is 32.5 Å². The number of hydrogen-bond acceptors (Lipinski definition) is 3. The van der Waals surface area contributed by atoms with Gasteiger partial charge in [0.15, 0.2) is 0 Å². The fourth-order valence-corrected chi connectivity index (χ4v) is 7.43. The zero-order valence-electron chi connectivity index (χ0n) is 26.3. The molecule has 1 aromatic rings. The first kappa shape index (κ1) is 31.5. The summed E-state index contributed by atoms with van der Waals surface area (Å²) in [5.74, 6) is 0. The third-order valence-corrected chi connectivity index (χ3v) is 9.73. The Bertz CT molecular complexity index is 1550. The van der Waals surface area contributed by atoms with Crippen LogP contribution in [0.3, 0.4) is 0 Å². The van der Waals surface area contributed by atoms with Crippen LogP contribution < -0.4 is 16.0 Å². The van der Waals surface area contributed by atoms with E-state index in [1.807, 2.05) is 0 Å². The third-order valence-electron chi connectivity index (χ3n) is 9.73. The molecule has 5 rings (SSSR count). The second-order valence-electron chi connectivity index (χ2n) is 11.5. The zero-order valence-corrected chi connectivity index (χ0v) is 28.6. The number of hydrogen-bond donors (Lipinski definition) is 2. The fourth-order valence-electron chi connectivity index (χ4n) is 7.43. The molecule has 1 unspecified atom stereocenters. The van der Waals surface area contributed by atoms with Crippen molar-refractivity contribution in [3.63, 3.8) is 0 Å². The quantitative estimate of drug-likeness (QED) is 0.290. The fraction of sp³-hybridized carbons (Fsp3) is 0.500. The summed E-state index contributed by atoms with van der Waals surface area (Å²) in [5, 5.41) is 6.36. The summed E-state index contributed by atoms with van der Waals surface area (Å²) in [5.41, 5.74) is 14.0. The van der Waals surface area contributed by atoms with Crippen molar-refractivity contribution < 1.29 is 21.1 Å². The van der Waals surface area contributed by atoms with Gasteiger partial charge >= 0.3 is 0 Å². The van der Waals surface area contributed by atoms with Gasteiger partial charge in [-0.25, -0.2) is 9.98 Å². The minimum Gasteiger partial charge on any atom is -0.378 e. The van der Waals surface area contributed by atoms with E-state index in [0.717, 1.165) is 74.2 Å². The average Bonchev–Trinajstić information content (AvgIpc) is 3.68. The predicted molar refractivity (Wildman–Crippen MR) is 172 cm³/mol. The number of allylic oxidation sites excluding steroid dienone is 6. The Kier molecular flexibility index (Phi) is 9.84. The molecule has 0 saturated heterocycles. The van der Waals surface area contributed by atoms with E-state index in [0.29, 0.717) is 0 Å². The number of nitrogens with one attached hydrogen (secondary N) is 2. The van der Waals surface area contributed by atoms with E-state index in [4.69, 9.17) is 9.98 Å².